The first-order chi connectivity index (χ1) is 5.70. The van der Waals surface area contributed by atoms with Gasteiger partial charge in [0.05, 0.1) is 15.2 Å². The van der Waals surface area contributed by atoms with E-state index in [0.717, 1.165) is 3.57 Å². The van der Waals surface area contributed by atoms with Crippen LogP contribution in [-0.4, -0.2) is 6.61 Å². The molecule has 1 aromatic carbocycles. The van der Waals surface area contributed by atoms with E-state index in [0.29, 0.717) is 17.9 Å². The summed E-state index contributed by atoms with van der Waals surface area (Å²) < 4.78 is 19.3. The molecule has 1 aliphatic rings. The fourth-order valence-electron chi connectivity index (χ4n) is 1.30. The Kier molecular flexibility index (Phi) is 1.96. The molecule has 0 fully saturated rings. The molecule has 1 atom stereocenters. The van der Waals surface area contributed by atoms with Gasteiger partial charge in [0.1, 0.15) is 18.2 Å². The van der Waals surface area contributed by atoms with E-state index in [2.05, 4.69) is 22.6 Å². The van der Waals surface area contributed by atoms with Crippen LogP contribution in [0.1, 0.15) is 11.6 Å². The van der Waals surface area contributed by atoms with Crippen molar-refractivity contribution in [3.63, 3.8) is 0 Å². The molecular weight excluding hydrogens is 272 g/mol. The number of benzene rings is 1. The average molecular weight is 279 g/mol. The van der Waals surface area contributed by atoms with Crippen LogP contribution in [0.25, 0.3) is 0 Å². The van der Waals surface area contributed by atoms with Gasteiger partial charge in [-0.1, -0.05) is 0 Å². The van der Waals surface area contributed by atoms with Crippen molar-refractivity contribution in [1.82, 2.24) is 0 Å². The summed E-state index contributed by atoms with van der Waals surface area (Å²) >= 11 is 2.11. The van der Waals surface area contributed by atoms with E-state index in [1.807, 2.05) is 0 Å². The molecule has 0 radical (unpaired) electrons. The Balaban J connectivity index is 2.64. The monoisotopic (exact) mass is 279 g/mol. The zero-order valence-corrected chi connectivity index (χ0v) is 8.34. The van der Waals surface area contributed by atoms with Crippen LogP contribution in [0.15, 0.2) is 12.1 Å². The lowest BCUT2D eigenvalue weighted by atomic mass is 10.1. The quantitative estimate of drug-likeness (QED) is 0.735. The van der Waals surface area contributed by atoms with Gasteiger partial charge in [-0.3, -0.25) is 0 Å². The zero-order chi connectivity index (χ0) is 8.72. The minimum Gasteiger partial charge on any atom is -0.490 e. The summed E-state index contributed by atoms with van der Waals surface area (Å²) in [4.78, 5) is 0. The molecule has 0 saturated carbocycles. The summed E-state index contributed by atoms with van der Waals surface area (Å²) in [6.07, 6.45) is 0. The lowest BCUT2D eigenvalue weighted by Gasteiger charge is -2.03. The van der Waals surface area contributed by atoms with Crippen molar-refractivity contribution in [3.05, 3.63) is 27.1 Å². The Hall–Kier alpha value is -0.360. The van der Waals surface area contributed by atoms with Crippen molar-refractivity contribution in [2.45, 2.75) is 6.04 Å². The molecule has 64 valence electrons. The number of halogens is 2. The van der Waals surface area contributed by atoms with Crippen molar-refractivity contribution < 1.29 is 9.13 Å². The molecule has 2 nitrogen and oxygen atoms in total. The molecule has 0 aliphatic carbocycles. The Morgan fingerprint density at radius 3 is 3.00 bits per heavy atom. The SMILES string of the molecule is N[C@@H]1COc2c(I)ccc(F)c21. The molecular formula is C8H7FINO. The van der Waals surface area contributed by atoms with Crippen LogP contribution in [0.5, 0.6) is 5.75 Å². The minimum atomic E-state index is -0.310. The molecule has 4 heteroatoms. The lowest BCUT2D eigenvalue weighted by molar-refractivity contribution is 0.331. The lowest BCUT2D eigenvalue weighted by Crippen LogP contribution is -2.11. The van der Waals surface area contributed by atoms with Gasteiger partial charge in [-0.15, -0.1) is 0 Å². The third kappa shape index (κ3) is 1.09. The number of ether oxygens (including phenoxy) is 1. The second-order valence-electron chi connectivity index (χ2n) is 2.69. The Labute approximate surface area is 83.0 Å². The van der Waals surface area contributed by atoms with Crippen LogP contribution < -0.4 is 10.5 Å². The summed E-state index contributed by atoms with van der Waals surface area (Å²) in [7, 11) is 0. The first-order valence-corrected chi connectivity index (χ1v) is 4.64. The summed E-state index contributed by atoms with van der Waals surface area (Å²) in [5.74, 6) is 0.346. The van der Waals surface area contributed by atoms with Crippen LogP contribution in [-0.2, 0) is 0 Å². The van der Waals surface area contributed by atoms with E-state index in [9.17, 15) is 4.39 Å². The van der Waals surface area contributed by atoms with Gasteiger partial charge in [0.25, 0.3) is 0 Å². The smallest absolute Gasteiger partial charge is 0.140 e. The molecule has 2 N–H and O–H groups in total. The molecule has 0 saturated heterocycles. The Bertz CT molecular complexity index is 329. The van der Waals surface area contributed by atoms with Gasteiger partial charge in [0.15, 0.2) is 0 Å². The molecule has 1 heterocycles. The van der Waals surface area contributed by atoms with Gasteiger partial charge in [0.2, 0.25) is 0 Å². The molecule has 0 unspecified atom stereocenters. The van der Waals surface area contributed by atoms with Gasteiger partial charge in [-0.2, -0.15) is 0 Å². The second kappa shape index (κ2) is 2.85. The maximum atomic E-state index is 13.2. The van der Waals surface area contributed by atoms with Gasteiger partial charge >= 0.3 is 0 Å². The number of hydrogen-bond acceptors (Lipinski definition) is 2. The molecule has 12 heavy (non-hydrogen) atoms. The fraction of sp³-hybridized carbons (Fsp3) is 0.250. The van der Waals surface area contributed by atoms with Gasteiger partial charge < -0.3 is 10.5 Å². The van der Waals surface area contributed by atoms with Crippen molar-refractivity contribution in [1.29, 1.82) is 0 Å². The van der Waals surface area contributed by atoms with Crippen molar-refractivity contribution in [2.24, 2.45) is 5.73 Å². The van der Waals surface area contributed by atoms with Crippen molar-refractivity contribution >= 4 is 22.6 Å². The van der Waals surface area contributed by atoms with Crippen molar-refractivity contribution in [2.75, 3.05) is 6.61 Å². The van der Waals surface area contributed by atoms with E-state index in [-0.39, 0.29) is 11.9 Å². The minimum absolute atomic E-state index is 0.268. The van der Waals surface area contributed by atoms with Crippen LogP contribution in [0.3, 0.4) is 0 Å². The summed E-state index contributed by atoms with van der Waals surface area (Å²) in [5.41, 5.74) is 6.16. The molecule has 0 bridgehead atoms. The molecule has 2 rings (SSSR count). The van der Waals surface area contributed by atoms with Gasteiger partial charge in [0, 0.05) is 0 Å². The normalized spacial score (nSPS) is 20.4. The molecule has 1 aromatic rings. The molecule has 0 amide bonds. The average Bonchev–Trinajstić information content (AvgIpc) is 2.42. The fourth-order valence-corrected chi connectivity index (χ4v) is 1.92. The van der Waals surface area contributed by atoms with E-state index < -0.39 is 0 Å². The molecule has 0 aromatic heterocycles. The van der Waals surface area contributed by atoms with E-state index in [1.54, 1.807) is 6.07 Å². The van der Waals surface area contributed by atoms with Crippen LogP contribution in [0.4, 0.5) is 4.39 Å². The predicted molar refractivity (Wildman–Crippen MR) is 51.5 cm³/mol. The van der Waals surface area contributed by atoms with Crippen LogP contribution in [0.2, 0.25) is 0 Å². The largest absolute Gasteiger partial charge is 0.490 e. The number of rotatable bonds is 0. The highest BCUT2D eigenvalue weighted by Crippen LogP contribution is 2.36. The maximum absolute atomic E-state index is 13.2. The standard InChI is InChI=1S/C8H7FINO/c9-4-1-2-5(10)8-7(4)6(11)3-12-8/h1-2,6H,3,11H2/t6-/m1/s1. The number of nitrogens with two attached hydrogens (primary N) is 1. The van der Waals surface area contributed by atoms with E-state index >= 15 is 0 Å². The van der Waals surface area contributed by atoms with Gasteiger partial charge in [-0.05, 0) is 34.7 Å². The Morgan fingerprint density at radius 1 is 1.58 bits per heavy atom. The number of fused-ring (bicyclic) bond motifs is 1. The highest BCUT2D eigenvalue weighted by Gasteiger charge is 2.26. The Morgan fingerprint density at radius 2 is 2.33 bits per heavy atom. The summed E-state index contributed by atoms with van der Waals surface area (Å²) in [5, 5.41) is 0. The second-order valence-corrected chi connectivity index (χ2v) is 3.85. The molecule has 1 aliphatic heterocycles. The van der Waals surface area contributed by atoms with Crippen molar-refractivity contribution in [3.8, 4) is 5.75 Å². The van der Waals surface area contributed by atoms with Gasteiger partial charge in [-0.25, -0.2) is 4.39 Å². The predicted octanol–water partition coefficient (Wildman–Crippen LogP) is 1.82. The third-order valence-electron chi connectivity index (χ3n) is 1.87. The topological polar surface area (TPSA) is 35.2 Å². The maximum Gasteiger partial charge on any atom is 0.140 e. The summed E-state index contributed by atoms with van der Waals surface area (Å²) in [6, 6.07) is 2.80. The van der Waals surface area contributed by atoms with Crippen LogP contribution >= 0.6 is 22.6 Å². The zero-order valence-electron chi connectivity index (χ0n) is 6.18. The van der Waals surface area contributed by atoms with Crippen LogP contribution in [0, 0.1) is 9.39 Å². The highest BCUT2D eigenvalue weighted by molar-refractivity contribution is 14.1. The van der Waals surface area contributed by atoms with E-state index in [4.69, 9.17) is 10.5 Å². The number of hydrogen-bond donors (Lipinski definition) is 1. The summed E-state index contributed by atoms with van der Waals surface area (Å²) in [6.45, 7) is 0.381. The first kappa shape index (κ1) is 8.25. The highest BCUT2D eigenvalue weighted by atomic mass is 127. The van der Waals surface area contributed by atoms with E-state index in [1.165, 1.54) is 6.07 Å². The first-order valence-electron chi connectivity index (χ1n) is 3.56. The molecule has 0 spiro atoms. The third-order valence-corrected chi connectivity index (χ3v) is 2.72.